The molecular formula is C27H21Br. The summed E-state index contributed by atoms with van der Waals surface area (Å²) in [5.41, 5.74) is 10.6. The maximum absolute atomic E-state index is 3.69. The Labute approximate surface area is 175 Å². The third-order valence-electron chi connectivity index (χ3n) is 5.92. The van der Waals surface area contributed by atoms with E-state index >= 15 is 0 Å². The zero-order chi connectivity index (χ0) is 19.3. The van der Waals surface area contributed by atoms with E-state index in [0.29, 0.717) is 0 Å². The molecule has 0 saturated heterocycles. The van der Waals surface area contributed by atoms with Gasteiger partial charge in [0.2, 0.25) is 0 Å². The van der Waals surface area contributed by atoms with Crippen molar-refractivity contribution in [1.82, 2.24) is 0 Å². The van der Waals surface area contributed by atoms with E-state index in [9.17, 15) is 0 Å². The molecule has 0 spiro atoms. The predicted molar refractivity (Wildman–Crippen MR) is 123 cm³/mol. The molecule has 1 aliphatic carbocycles. The molecule has 0 aliphatic heterocycles. The van der Waals surface area contributed by atoms with Crippen molar-refractivity contribution in [3.8, 4) is 33.4 Å². The normalized spacial score (nSPS) is 13.8. The molecule has 28 heavy (non-hydrogen) atoms. The molecule has 0 amide bonds. The fourth-order valence-electron chi connectivity index (χ4n) is 4.63. The lowest BCUT2D eigenvalue weighted by Gasteiger charge is -2.25. The summed E-state index contributed by atoms with van der Waals surface area (Å²) in [7, 11) is 0. The van der Waals surface area contributed by atoms with Gasteiger partial charge >= 0.3 is 0 Å². The van der Waals surface area contributed by atoms with Gasteiger partial charge in [-0.3, -0.25) is 0 Å². The van der Waals surface area contributed by atoms with E-state index in [0.717, 1.165) is 4.47 Å². The van der Waals surface area contributed by atoms with E-state index in [1.807, 2.05) is 0 Å². The van der Waals surface area contributed by atoms with Gasteiger partial charge in [-0.2, -0.15) is 0 Å². The third-order valence-corrected chi connectivity index (χ3v) is 6.42. The van der Waals surface area contributed by atoms with Crippen molar-refractivity contribution in [2.45, 2.75) is 19.3 Å². The largest absolute Gasteiger partial charge is 0.0622 e. The van der Waals surface area contributed by atoms with Crippen molar-refractivity contribution in [3.63, 3.8) is 0 Å². The number of fused-ring (bicyclic) bond motifs is 3. The second kappa shape index (κ2) is 6.46. The first-order valence-corrected chi connectivity index (χ1v) is 10.5. The summed E-state index contributed by atoms with van der Waals surface area (Å²) in [6.07, 6.45) is 0. The third kappa shape index (κ3) is 2.57. The van der Waals surface area contributed by atoms with Crippen molar-refractivity contribution in [2.75, 3.05) is 0 Å². The molecule has 0 N–H and O–H groups in total. The maximum Gasteiger partial charge on any atom is 0.0178 e. The average Bonchev–Trinajstić information content (AvgIpc) is 2.96. The van der Waals surface area contributed by atoms with Gasteiger partial charge in [0, 0.05) is 9.89 Å². The Balaban J connectivity index is 1.90. The van der Waals surface area contributed by atoms with Crippen molar-refractivity contribution in [1.29, 1.82) is 0 Å². The zero-order valence-electron chi connectivity index (χ0n) is 16.0. The summed E-state index contributed by atoms with van der Waals surface area (Å²) >= 11 is 3.69. The highest BCUT2D eigenvalue weighted by atomic mass is 79.9. The minimum Gasteiger partial charge on any atom is -0.0622 e. The van der Waals surface area contributed by atoms with Gasteiger partial charge in [0.15, 0.2) is 0 Å². The molecule has 1 heteroatoms. The topological polar surface area (TPSA) is 0 Å². The maximum atomic E-state index is 3.69. The fraction of sp³-hybridized carbons (Fsp3) is 0.111. The number of hydrogen-bond donors (Lipinski definition) is 0. The molecule has 0 heterocycles. The number of rotatable bonds is 2. The molecule has 1 aliphatic rings. The number of halogens is 1. The standard InChI is InChI=1S/C27H21Br/c1-27(2)24-17-20(28)13-14-23(24)25-21(18-9-5-3-6-10-18)15-16-22(26(25)27)19-11-7-4-8-12-19/h3-17H,1-2H3. The van der Waals surface area contributed by atoms with Crippen molar-refractivity contribution >= 4 is 15.9 Å². The molecule has 0 nitrogen and oxygen atoms in total. The van der Waals surface area contributed by atoms with Crippen LogP contribution in [0.25, 0.3) is 33.4 Å². The molecule has 136 valence electrons. The number of benzene rings is 4. The van der Waals surface area contributed by atoms with Gasteiger partial charge in [0.25, 0.3) is 0 Å². The van der Waals surface area contributed by atoms with E-state index < -0.39 is 0 Å². The van der Waals surface area contributed by atoms with Crippen LogP contribution in [0.1, 0.15) is 25.0 Å². The summed E-state index contributed by atoms with van der Waals surface area (Å²) in [4.78, 5) is 0. The van der Waals surface area contributed by atoms with Crippen LogP contribution in [0.15, 0.2) is 95.5 Å². The van der Waals surface area contributed by atoms with Crippen LogP contribution in [-0.4, -0.2) is 0 Å². The van der Waals surface area contributed by atoms with E-state index in [4.69, 9.17) is 0 Å². The first kappa shape index (κ1) is 17.5. The predicted octanol–water partition coefficient (Wildman–Crippen LogP) is 8.09. The lowest BCUT2D eigenvalue weighted by atomic mass is 9.78. The molecule has 0 bridgehead atoms. The van der Waals surface area contributed by atoms with E-state index in [1.165, 1.54) is 44.5 Å². The van der Waals surface area contributed by atoms with Gasteiger partial charge in [0.1, 0.15) is 0 Å². The van der Waals surface area contributed by atoms with Gasteiger partial charge in [-0.15, -0.1) is 0 Å². The van der Waals surface area contributed by atoms with E-state index in [2.05, 4.69) is 121 Å². The Morgan fingerprint density at radius 2 is 1.14 bits per heavy atom. The van der Waals surface area contributed by atoms with Gasteiger partial charge in [-0.1, -0.05) is 109 Å². The van der Waals surface area contributed by atoms with E-state index in [-0.39, 0.29) is 5.41 Å². The fourth-order valence-corrected chi connectivity index (χ4v) is 5.00. The zero-order valence-corrected chi connectivity index (χ0v) is 17.6. The molecule has 0 unspecified atom stereocenters. The van der Waals surface area contributed by atoms with Crippen LogP contribution in [0.2, 0.25) is 0 Å². The van der Waals surface area contributed by atoms with Crippen LogP contribution >= 0.6 is 15.9 Å². The molecule has 0 radical (unpaired) electrons. The van der Waals surface area contributed by atoms with Crippen molar-refractivity contribution < 1.29 is 0 Å². The number of hydrogen-bond acceptors (Lipinski definition) is 0. The van der Waals surface area contributed by atoms with Crippen LogP contribution in [0.4, 0.5) is 0 Å². The minimum atomic E-state index is -0.0651. The van der Waals surface area contributed by atoms with Gasteiger partial charge in [-0.05, 0) is 56.6 Å². The van der Waals surface area contributed by atoms with Gasteiger partial charge < -0.3 is 0 Å². The van der Waals surface area contributed by atoms with Crippen molar-refractivity contribution in [2.24, 2.45) is 0 Å². The van der Waals surface area contributed by atoms with Crippen LogP contribution in [0.5, 0.6) is 0 Å². The Bertz CT molecular complexity index is 1170. The van der Waals surface area contributed by atoms with Crippen LogP contribution in [0.3, 0.4) is 0 Å². The highest BCUT2D eigenvalue weighted by Crippen LogP contribution is 2.55. The molecule has 0 aromatic heterocycles. The summed E-state index contributed by atoms with van der Waals surface area (Å²) < 4.78 is 1.13. The Morgan fingerprint density at radius 1 is 0.607 bits per heavy atom. The van der Waals surface area contributed by atoms with Crippen LogP contribution in [0, 0.1) is 0 Å². The summed E-state index contributed by atoms with van der Waals surface area (Å²) in [6, 6.07) is 32.8. The molecule has 4 aromatic carbocycles. The van der Waals surface area contributed by atoms with Crippen LogP contribution in [-0.2, 0) is 5.41 Å². The highest BCUT2D eigenvalue weighted by molar-refractivity contribution is 9.10. The SMILES string of the molecule is CC1(C)c2cc(Br)ccc2-c2c(-c3ccccc3)ccc(-c3ccccc3)c21. The summed E-state index contributed by atoms with van der Waals surface area (Å²) in [5, 5.41) is 0. The molecule has 0 atom stereocenters. The highest BCUT2D eigenvalue weighted by Gasteiger charge is 2.39. The van der Waals surface area contributed by atoms with Crippen LogP contribution < -0.4 is 0 Å². The molecule has 5 rings (SSSR count). The second-order valence-electron chi connectivity index (χ2n) is 7.96. The first-order valence-electron chi connectivity index (χ1n) is 9.66. The summed E-state index contributed by atoms with van der Waals surface area (Å²) in [6.45, 7) is 4.70. The van der Waals surface area contributed by atoms with E-state index in [1.54, 1.807) is 0 Å². The Kier molecular flexibility index (Phi) is 4.03. The lowest BCUT2D eigenvalue weighted by Crippen LogP contribution is -2.16. The minimum absolute atomic E-state index is 0.0651. The smallest absolute Gasteiger partial charge is 0.0178 e. The molecular weight excluding hydrogens is 404 g/mol. The Morgan fingerprint density at radius 3 is 1.79 bits per heavy atom. The summed E-state index contributed by atoms with van der Waals surface area (Å²) in [5.74, 6) is 0. The first-order chi connectivity index (χ1) is 13.6. The van der Waals surface area contributed by atoms with Crippen molar-refractivity contribution in [3.05, 3.63) is 107 Å². The van der Waals surface area contributed by atoms with Gasteiger partial charge in [0.05, 0.1) is 0 Å². The monoisotopic (exact) mass is 424 g/mol. The molecule has 0 saturated carbocycles. The molecule has 0 fully saturated rings. The molecule has 4 aromatic rings. The quantitative estimate of drug-likeness (QED) is 0.304. The van der Waals surface area contributed by atoms with Gasteiger partial charge in [-0.25, -0.2) is 0 Å². The lowest BCUT2D eigenvalue weighted by molar-refractivity contribution is 0.662. The second-order valence-corrected chi connectivity index (χ2v) is 8.87. The average molecular weight is 425 g/mol. The Hall–Kier alpha value is -2.64.